The summed E-state index contributed by atoms with van der Waals surface area (Å²) in [4.78, 5) is 26.5. The molecule has 3 aromatic carbocycles. The van der Waals surface area contributed by atoms with Gasteiger partial charge in [0.05, 0.1) is 11.4 Å². The number of nitrogens with one attached hydrogen (secondary N) is 1. The molecule has 1 aliphatic heterocycles. The first-order chi connectivity index (χ1) is 14.0. The number of hydrogen-bond donors (Lipinski definition) is 1. The molecule has 1 saturated heterocycles. The predicted molar refractivity (Wildman–Crippen MR) is 115 cm³/mol. The summed E-state index contributed by atoms with van der Waals surface area (Å²) in [5, 5.41) is 2.53. The van der Waals surface area contributed by atoms with E-state index in [9.17, 15) is 14.0 Å². The molecule has 1 atom stereocenters. The first kappa shape index (κ1) is 19.2. The molecule has 0 aromatic heterocycles. The van der Waals surface area contributed by atoms with Gasteiger partial charge in [0.25, 0.3) is 5.91 Å². The van der Waals surface area contributed by atoms with E-state index in [0.717, 1.165) is 11.1 Å². The number of hydrogen-bond acceptors (Lipinski definition) is 3. The van der Waals surface area contributed by atoms with Crippen molar-refractivity contribution < 1.29 is 14.0 Å². The maximum absolute atomic E-state index is 14.5. The van der Waals surface area contributed by atoms with Crippen LogP contribution < -0.4 is 10.2 Å². The molecular weight excluding hydrogens is 387 g/mol. The summed E-state index contributed by atoms with van der Waals surface area (Å²) in [6, 6.07) is 21.0. The van der Waals surface area contributed by atoms with Gasteiger partial charge in [-0.2, -0.15) is 0 Å². The van der Waals surface area contributed by atoms with Crippen molar-refractivity contribution in [1.29, 1.82) is 0 Å². The maximum atomic E-state index is 14.5. The van der Waals surface area contributed by atoms with Crippen LogP contribution in [0.4, 0.5) is 15.8 Å². The molecule has 0 unspecified atom stereocenters. The average molecular weight is 406 g/mol. The van der Waals surface area contributed by atoms with Gasteiger partial charge >= 0.3 is 0 Å². The highest BCUT2D eigenvalue weighted by atomic mass is 32.2. The van der Waals surface area contributed by atoms with Crippen LogP contribution in [0.5, 0.6) is 0 Å². The molecular formula is C23H19FN2O2S. The molecule has 146 valence electrons. The Morgan fingerprint density at radius 3 is 2.66 bits per heavy atom. The van der Waals surface area contributed by atoms with Crippen molar-refractivity contribution in [3.05, 3.63) is 95.3 Å². The predicted octanol–water partition coefficient (Wildman–Crippen LogP) is 5.17. The molecule has 0 aliphatic carbocycles. The zero-order chi connectivity index (χ0) is 20.4. The quantitative estimate of drug-likeness (QED) is 0.651. The van der Waals surface area contributed by atoms with Crippen molar-refractivity contribution in [1.82, 2.24) is 0 Å². The number of thioether (sulfide) groups is 1. The Hall–Kier alpha value is -3.12. The van der Waals surface area contributed by atoms with E-state index in [-0.39, 0.29) is 28.6 Å². The highest BCUT2D eigenvalue weighted by molar-refractivity contribution is 8.00. The van der Waals surface area contributed by atoms with Crippen molar-refractivity contribution >= 4 is 35.0 Å². The molecule has 0 radical (unpaired) electrons. The summed E-state index contributed by atoms with van der Waals surface area (Å²) < 4.78 is 14.5. The zero-order valence-electron chi connectivity index (χ0n) is 15.8. The molecule has 1 fully saturated rings. The van der Waals surface area contributed by atoms with Gasteiger partial charge in [-0.05, 0) is 54.4 Å². The number of carbonyl (C=O) groups excluding carboxylic acids is 2. The highest BCUT2D eigenvalue weighted by Gasteiger charge is 2.35. The van der Waals surface area contributed by atoms with Gasteiger partial charge in [-0.25, -0.2) is 4.39 Å². The third-order valence-electron chi connectivity index (χ3n) is 4.69. The molecule has 1 N–H and O–H groups in total. The molecule has 4 nitrogen and oxygen atoms in total. The monoisotopic (exact) mass is 406 g/mol. The van der Waals surface area contributed by atoms with E-state index in [1.807, 2.05) is 31.2 Å². The van der Waals surface area contributed by atoms with E-state index < -0.39 is 5.82 Å². The Kier molecular flexibility index (Phi) is 5.36. The number of nitrogens with zero attached hydrogens (tertiary/aromatic N) is 1. The van der Waals surface area contributed by atoms with E-state index in [0.29, 0.717) is 11.3 Å². The van der Waals surface area contributed by atoms with E-state index in [2.05, 4.69) is 5.32 Å². The second-order valence-corrected chi connectivity index (χ2v) is 7.90. The Morgan fingerprint density at radius 1 is 1.07 bits per heavy atom. The topological polar surface area (TPSA) is 49.4 Å². The standard InChI is InChI=1S/C23H19FN2O2S/c1-15-10-11-19(24)20(12-15)26-21(27)14-29-23(26)17-8-5-9-18(13-17)25-22(28)16-6-3-2-4-7-16/h2-13,23H,14H2,1H3,(H,25,28)/t23-/m0/s1. The maximum Gasteiger partial charge on any atom is 0.255 e. The normalized spacial score (nSPS) is 16.1. The van der Waals surface area contributed by atoms with E-state index in [1.54, 1.807) is 42.5 Å². The average Bonchev–Trinajstić information content (AvgIpc) is 3.12. The van der Waals surface area contributed by atoms with Crippen LogP contribution >= 0.6 is 11.8 Å². The Balaban J connectivity index is 1.62. The first-order valence-corrected chi connectivity index (χ1v) is 10.2. The van der Waals surface area contributed by atoms with Crippen molar-refractivity contribution in [2.75, 3.05) is 16.0 Å². The number of anilines is 2. The summed E-state index contributed by atoms with van der Waals surface area (Å²) in [5.74, 6) is -0.494. The molecule has 29 heavy (non-hydrogen) atoms. The largest absolute Gasteiger partial charge is 0.322 e. The molecule has 0 saturated carbocycles. The van der Waals surface area contributed by atoms with Gasteiger partial charge in [0.2, 0.25) is 5.91 Å². The lowest BCUT2D eigenvalue weighted by atomic mass is 10.1. The number of halogens is 1. The van der Waals surface area contributed by atoms with Crippen molar-refractivity contribution in [2.24, 2.45) is 0 Å². The number of benzene rings is 3. The Morgan fingerprint density at radius 2 is 1.86 bits per heavy atom. The van der Waals surface area contributed by atoms with Gasteiger partial charge in [-0.3, -0.25) is 14.5 Å². The summed E-state index contributed by atoms with van der Waals surface area (Å²) >= 11 is 1.44. The molecule has 0 spiro atoms. The van der Waals surface area contributed by atoms with Crippen molar-refractivity contribution in [2.45, 2.75) is 12.3 Å². The fraction of sp³-hybridized carbons (Fsp3) is 0.130. The lowest BCUT2D eigenvalue weighted by Gasteiger charge is -2.25. The summed E-state index contributed by atoms with van der Waals surface area (Å²) in [7, 11) is 0. The van der Waals surface area contributed by atoms with Crippen LogP contribution in [0.1, 0.15) is 26.9 Å². The molecule has 2 amide bonds. The van der Waals surface area contributed by atoms with Gasteiger partial charge in [0, 0.05) is 11.3 Å². The fourth-order valence-corrected chi connectivity index (χ4v) is 4.46. The van der Waals surface area contributed by atoms with Crippen LogP contribution in [0.3, 0.4) is 0 Å². The molecule has 0 bridgehead atoms. The van der Waals surface area contributed by atoms with Crippen LogP contribution in [-0.4, -0.2) is 17.6 Å². The Bertz CT molecular complexity index is 1070. The number of rotatable bonds is 4. The van der Waals surface area contributed by atoms with Gasteiger partial charge in [-0.1, -0.05) is 36.4 Å². The van der Waals surface area contributed by atoms with Crippen LogP contribution in [0.15, 0.2) is 72.8 Å². The lowest BCUT2D eigenvalue weighted by molar-refractivity contribution is -0.115. The fourth-order valence-electron chi connectivity index (χ4n) is 3.30. The third-order valence-corrected chi connectivity index (χ3v) is 5.91. The molecule has 4 rings (SSSR count). The smallest absolute Gasteiger partial charge is 0.255 e. The van der Waals surface area contributed by atoms with E-state index in [1.165, 1.54) is 22.7 Å². The summed E-state index contributed by atoms with van der Waals surface area (Å²) in [5.41, 5.74) is 3.18. The van der Waals surface area contributed by atoms with Gasteiger partial charge < -0.3 is 5.32 Å². The van der Waals surface area contributed by atoms with Gasteiger partial charge in [0.1, 0.15) is 11.2 Å². The summed E-state index contributed by atoms with van der Waals surface area (Å²) in [6.07, 6.45) is 0. The van der Waals surface area contributed by atoms with Crippen LogP contribution in [0.25, 0.3) is 0 Å². The van der Waals surface area contributed by atoms with Gasteiger partial charge in [0.15, 0.2) is 0 Å². The third kappa shape index (κ3) is 4.03. The van der Waals surface area contributed by atoms with E-state index >= 15 is 0 Å². The second kappa shape index (κ2) is 8.09. The highest BCUT2D eigenvalue weighted by Crippen LogP contribution is 2.43. The molecule has 3 aromatic rings. The number of amides is 2. The second-order valence-electron chi connectivity index (χ2n) is 6.83. The SMILES string of the molecule is Cc1ccc(F)c(N2C(=O)CS[C@H]2c2cccc(NC(=O)c3ccccc3)c2)c1. The first-order valence-electron chi connectivity index (χ1n) is 9.19. The van der Waals surface area contributed by atoms with Crippen molar-refractivity contribution in [3.63, 3.8) is 0 Å². The number of aryl methyl sites for hydroxylation is 1. The number of carbonyl (C=O) groups is 2. The van der Waals surface area contributed by atoms with Crippen LogP contribution in [0, 0.1) is 12.7 Å². The van der Waals surface area contributed by atoms with E-state index in [4.69, 9.17) is 0 Å². The van der Waals surface area contributed by atoms with Crippen LogP contribution in [-0.2, 0) is 4.79 Å². The van der Waals surface area contributed by atoms with Gasteiger partial charge in [-0.15, -0.1) is 11.8 Å². The minimum absolute atomic E-state index is 0.136. The van der Waals surface area contributed by atoms with Crippen molar-refractivity contribution in [3.8, 4) is 0 Å². The minimum Gasteiger partial charge on any atom is -0.322 e. The molecule has 1 heterocycles. The zero-order valence-corrected chi connectivity index (χ0v) is 16.6. The molecule has 1 aliphatic rings. The molecule has 6 heteroatoms. The Labute approximate surface area is 172 Å². The van der Waals surface area contributed by atoms with Crippen LogP contribution in [0.2, 0.25) is 0 Å². The minimum atomic E-state index is -0.426. The summed E-state index contributed by atoms with van der Waals surface area (Å²) in [6.45, 7) is 1.87. The lowest BCUT2D eigenvalue weighted by Crippen LogP contribution is -2.28.